The van der Waals surface area contributed by atoms with E-state index in [1.165, 1.54) is 0 Å². The molecule has 18 heavy (non-hydrogen) atoms. The highest BCUT2D eigenvalue weighted by Gasteiger charge is 2.30. The van der Waals surface area contributed by atoms with Gasteiger partial charge >= 0.3 is 5.97 Å². The average molecular weight is 259 g/mol. The molecule has 0 radical (unpaired) electrons. The fourth-order valence-corrected chi connectivity index (χ4v) is 1.76. The van der Waals surface area contributed by atoms with Gasteiger partial charge in [-0.05, 0) is 26.7 Å². The Balaban J connectivity index is 4.31. The Morgan fingerprint density at radius 1 is 1.28 bits per heavy atom. The smallest absolute Gasteiger partial charge is 0.305 e. The second-order valence-electron chi connectivity index (χ2n) is 4.78. The largest absolute Gasteiger partial charge is 0.481 e. The maximum absolute atomic E-state index is 11.8. The number of carboxylic acids is 1. The van der Waals surface area contributed by atoms with Crippen LogP contribution in [-0.2, 0) is 14.3 Å². The SMILES string of the molecule is CCC(CC)(CC(=O)O)NC(=O)CCOC(C)C. The molecular weight excluding hydrogens is 234 g/mol. The van der Waals surface area contributed by atoms with Crippen molar-refractivity contribution in [3.8, 4) is 0 Å². The van der Waals surface area contributed by atoms with Crippen molar-refractivity contribution in [2.24, 2.45) is 0 Å². The molecular formula is C13H25NO4. The van der Waals surface area contributed by atoms with E-state index in [9.17, 15) is 9.59 Å². The average Bonchev–Trinajstić information content (AvgIpc) is 2.26. The van der Waals surface area contributed by atoms with Crippen LogP contribution in [0.5, 0.6) is 0 Å². The van der Waals surface area contributed by atoms with Crippen molar-refractivity contribution >= 4 is 11.9 Å². The minimum Gasteiger partial charge on any atom is -0.481 e. The van der Waals surface area contributed by atoms with Crippen LogP contribution in [-0.4, -0.2) is 35.2 Å². The van der Waals surface area contributed by atoms with Crippen molar-refractivity contribution in [3.63, 3.8) is 0 Å². The summed E-state index contributed by atoms with van der Waals surface area (Å²) in [6.45, 7) is 7.95. The fourth-order valence-electron chi connectivity index (χ4n) is 1.76. The first-order valence-corrected chi connectivity index (χ1v) is 6.49. The molecule has 0 aliphatic carbocycles. The van der Waals surface area contributed by atoms with Gasteiger partial charge in [-0.25, -0.2) is 0 Å². The summed E-state index contributed by atoms with van der Waals surface area (Å²) in [5, 5.41) is 11.7. The quantitative estimate of drug-likeness (QED) is 0.663. The number of carbonyl (C=O) groups excluding carboxylic acids is 1. The highest BCUT2D eigenvalue weighted by Crippen LogP contribution is 2.20. The number of carboxylic acid groups (broad SMARTS) is 1. The number of amides is 1. The first-order chi connectivity index (χ1) is 8.35. The third-order valence-corrected chi connectivity index (χ3v) is 3.03. The Hall–Kier alpha value is -1.10. The summed E-state index contributed by atoms with van der Waals surface area (Å²) in [6.07, 6.45) is 1.52. The molecule has 0 fully saturated rings. The van der Waals surface area contributed by atoms with Gasteiger partial charge in [-0.2, -0.15) is 0 Å². The number of hydrogen-bond acceptors (Lipinski definition) is 3. The van der Waals surface area contributed by atoms with Crippen molar-refractivity contribution in [3.05, 3.63) is 0 Å². The van der Waals surface area contributed by atoms with Gasteiger partial charge in [-0.15, -0.1) is 0 Å². The normalized spacial score (nSPS) is 11.6. The van der Waals surface area contributed by atoms with Crippen LogP contribution < -0.4 is 5.32 Å². The van der Waals surface area contributed by atoms with Gasteiger partial charge in [0.05, 0.1) is 19.1 Å². The van der Waals surface area contributed by atoms with Crippen LogP contribution in [0.25, 0.3) is 0 Å². The molecule has 0 saturated carbocycles. The molecule has 0 unspecified atom stereocenters. The van der Waals surface area contributed by atoms with E-state index in [-0.39, 0.29) is 24.9 Å². The van der Waals surface area contributed by atoms with Crippen molar-refractivity contribution in [2.75, 3.05) is 6.61 Å². The molecule has 0 rings (SSSR count). The number of carbonyl (C=O) groups is 2. The van der Waals surface area contributed by atoms with Crippen molar-refractivity contribution in [2.45, 2.75) is 65.0 Å². The molecule has 5 nitrogen and oxygen atoms in total. The number of nitrogens with one attached hydrogen (secondary N) is 1. The molecule has 0 saturated heterocycles. The van der Waals surface area contributed by atoms with Crippen LogP contribution in [0.2, 0.25) is 0 Å². The summed E-state index contributed by atoms with van der Waals surface area (Å²) in [4.78, 5) is 22.6. The van der Waals surface area contributed by atoms with Gasteiger partial charge in [-0.1, -0.05) is 13.8 Å². The predicted molar refractivity (Wildman–Crippen MR) is 69.4 cm³/mol. The zero-order valence-corrected chi connectivity index (χ0v) is 11.8. The van der Waals surface area contributed by atoms with Gasteiger partial charge in [0.1, 0.15) is 0 Å². The molecule has 0 bridgehead atoms. The summed E-state index contributed by atoms with van der Waals surface area (Å²) in [5.74, 6) is -1.04. The lowest BCUT2D eigenvalue weighted by Gasteiger charge is -2.31. The highest BCUT2D eigenvalue weighted by molar-refractivity contribution is 5.78. The maximum Gasteiger partial charge on any atom is 0.305 e. The van der Waals surface area contributed by atoms with Crippen LogP contribution in [0.4, 0.5) is 0 Å². The Morgan fingerprint density at radius 2 is 1.83 bits per heavy atom. The van der Waals surface area contributed by atoms with Gasteiger partial charge in [0.25, 0.3) is 0 Å². The van der Waals surface area contributed by atoms with Crippen molar-refractivity contribution < 1.29 is 19.4 Å². The van der Waals surface area contributed by atoms with E-state index in [1.807, 2.05) is 27.7 Å². The minimum atomic E-state index is -0.891. The predicted octanol–water partition coefficient (Wildman–Crippen LogP) is 1.95. The Bertz CT molecular complexity index is 272. The zero-order valence-electron chi connectivity index (χ0n) is 11.8. The summed E-state index contributed by atoms with van der Waals surface area (Å²) < 4.78 is 5.30. The summed E-state index contributed by atoms with van der Waals surface area (Å²) in [5.41, 5.74) is -0.638. The molecule has 106 valence electrons. The molecule has 0 heterocycles. The van der Waals surface area contributed by atoms with Gasteiger partial charge < -0.3 is 15.2 Å². The van der Waals surface area contributed by atoms with Gasteiger partial charge in [0.15, 0.2) is 0 Å². The lowest BCUT2D eigenvalue weighted by molar-refractivity contribution is -0.139. The Labute approximate surface area is 109 Å². The van der Waals surface area contributed by atoms with Crippen LogP contribution in [0.15, 0.2) is 0 Å². The minimum absolute atomic E-state index is 0.0449. The Morgan fingerprint density at radius 3 is 2.22 bits per heavy atom. The topological polar surface area (TPSA) is 75.6 Å². The van der Waals surface area contributed by atoms with Crippen LogP contribution in [0.3, 0.4) is 0 Å². The maximum atomic E-state index is 11.8. The van der Waals surface area contributed by atoms with Gasteiger partial charge in [0, 0.05) is 12.0 Å². The van der Waals surface area contributed by atoms with Crippen LogP contribution in [0, 0.1) is 0 Å². The third-order valence-electron chi connectivity index (χ3n) is 3.03. The zero-order chi connectivity index (χ0) is 14.2. The number of aliphatic carboxylic acids is 1. The van der Waals surface area contributed by atoms with E-state index >= 15 is 0 Å². The van der Waals surface area contributed by atoms with E-state index in [4.69, 9.17) is 9.84 Å². The van der Waals surface area contributed by atoms with Crippen LogP contribution in [0.1, 0.15) is 53.4 Å². The van der Waals surface area contributed by atoms with E-state index in [1.54, 1.807) is 0 Å². The lowest BCUT2D eigenvalue weighted by atomic mass is 9.89. The van der Waals surface area contributed by atoms with Gasteiger partial charge in [0.2, 0.25) is 5.91 Å². The summed E-state index contributed by atoms with van der Waals surface area (Å²) in [7, 11) is 0. The molecule has 0 aliphatic heterocycles. The van der Waals surface area contributed by atoms with Crippen molar-refractivity contribution in [1.82, 2.24) is 5.32 Å². The first-order valence-electron chi connectivity index (χ1n) is 6.49. The van der Waals surface area contributed by atoms with Gasteiger partial charge in [-0.3, -0.25) is 9.59 Å². The number of hydrogen-bond donors (Lipinski definition) is 2. The third kappa shape index (κ3) is 6.59. The molecule has 0 spiro atoms. The summed E-state index contributed by atoms with van der Waals surface area (Å²) in [6, 6.07) is 0. The van der Waals surface area contributed by atoms with E-state index in [0.717, 1.165) is 0 Å². The molecule has 0 aromatic carbocycles. The Kier molecular flexibility index (Phi) is 7.59. The highest BCUT2D eigenvalue weighted by atomic mass is 16.5. The molecule has 0 aromatic rings. The molecule has 2 N–H and O–H groups in total. The standard InChI is InChI=1S/C13H25NO4/c1-5-13(6-2,9-12(16)17)14-11(15)7-8-18-10(3)4/h10H,5-9H2,1-4H3,(H,14,15)(H,16,17). The fraction of sp³-hybridized carbons (Fsp3) is 0.846. The van der Waals surface area contributed by atoms with Crippen molar-refractivity contribution in [1.29, 1.82) is 0 Å². The number of ether oxygens (including phenoxy) is 1. The molecule has 0 aromatic heterocycles. The second-order valence-corrected chi connectivity index (χ2v) is 4.78. The summed E-state index contributed by atoms with van der Waals surface area (Å²) >= 11 is 0. The van der Waals surface area contributed by atoms with E-state index in [0.29, 0.717) is 19.4 Å². The molecule has 5 heteroatoms. The second kappa shape index (κ2) is 8.08. The number of rotatable bonds is 9. The van der Waals surface area contributed by atoms with E-state index in [2.05, 4.69) is 5.32 Å². The lowest BCUT2D eigenvalue weighted by Crippen LogP contribution is -2.49. The molecule has 0 atom stereocenters. The molecule has 1 amide bonds. The van der Waals surface area contributed by atoms with Crippen LogP contribution >= 0.6 is 0 Å². The van der Waals surface area contributed by atoms with E-state index < -0.39 is 11.5 Å². The molecule has 0 aliphatic rings. The first kappa shape index (κ1) is 16.9. The monoisotopic (exact) mass is 259 g/mol.